The van der Waals surface area contributed by atoms with E-state index in [1.807, 2.05) is 49.6 Å². The second kappa shape index (κ2) is 5.44. The predicted octanol–water partition coefficient (Wildman–Crippen LogP) is 3.97. The molecule has 0 fully saturated rings. The third-order valence-electron chi connectivity index (χ3n) is 3.02. The number of aryl methyl sites for hydroxylation is 2. The van der Waals surface area contributed by atoms with Crippen LogP contribution >= 0.6 is 22.7 Å². The van der Waals surface area contributed by atoms with E-state index in [1.54, 1.807) is 11.3 Å². The molecule has 3 rings (SSSR count). The first-order chi connectivity index (χ1) is 9.65. The van der Waals surface area contributed by atoms with Gasteiger partial charge in [0.2, 0.25) is 0 Å². The normalized spacial score (nSPS) is 12.6. The summed E-state index contributed by atoms with van der Waals surface area (Å²) in [5.41, 5.74) is 2.64. The van der Waals surface area contributed by atoms with Crippen LogP contribution in [0.5, 0.6) is 0 Å². The van der Waals surface area contributed by atoms with Crippen molar-refractivity contribution in [2.45, 2.75) is 20.0 Å². The van der Waals surface area contributed by atoms with Gasteiger partial charge in [-0.05, 0) is 19.4 Å². The van der Waals surface area contributed by atoms with Crippen LogP contribution in [-0.2, 0) is 0 Å². The molecular formula is C15H14N2OS2. The Bertz CT molecular complexity index is 719. The van der Waals surface area contributed by atoms with Crippen LogP contribution in [0.25, 0.3) is 11.4 Å². The number of rotatable bonds is 3. The van der Waals surface area contributed by atoms with Crippen molar-refractivity contribution in [3.63, 3.8) is 0 Å². The fourth-order valence-electron chi connectivity index (χ4n) is 2.07. The first-order valence-corrected chi connectivity index (χ1v) is 7.97. The molecule has 3 nitrogen and oxygen atoms in total. The number of nitrogens with zero attached hydrogens (tertiary/aromatic N) is 2. The van der Waals surface area contributed by atoms with Crippen LogP contribution in [0.2, 0.25) is 0 Å². The van der Waals surface area contributed by atoms with Gasteiger partial charge < -0.3 is 5.11 Å². The molecular weight excluding hydrogens is 288 g/mol. The minimum absolute atomic E-state index is 0.671. The number of aromatic nitrogens is 2. The maximum absolute atomic E-state index is 10.4. The van der Waals surface area contributed by atoms with Gasteiger partial charge in [0.1, 0.15) is 22.5 Å². The van der Waals surface area contributed by atoms with Crippen molar-refractivity contribution >= 4 is 22.7 Å². The lowest BCUT2D eigenvalue weighted by Crippen LogP contribution is -1.98. The summed E-state index contributed by atoms with van der Waals surface area (Å²) in [4.78, 5) is 10.2. The Morgan fingerprint density at radius 3 is 2.50 bits per heavy atom. The third kappa shape index (κ3) is 2.52. The zero-order chi connectivity index (χ0) is 14.1. The lowest BCUT2D eigenvalue weighted by atomic mass is 10.1. The van der Waals surface area contributed by atoms with Crippen molar-refractivity contribution in [3.05, 3.63) is 56.2 Å². The zero-order valence-electron chi connectivity index (χ0n) is 11.2. The molecule has 20 heavy (non-hydrogen) atoms. The minimum Gasteiger partial charge on any atom is -0.381 e. The highest BCUT2D eigenvalue weighted by molar-refractivity contribution is 7.12. The summed E-state index contributed by atoms with van der Waals surface area (Å²) in [5, 5.41) is 14.1. The van der Waals surface area contributed by atoms with Crippen LogP contribution in [-0.4, -0.2) is 15.1 Å². The lowest BCUT2D eigenvalue weighted by molar-refractivity contribution is 0.220. The third-order valence-corrected chi connectivity index (χ3v) is 4.80. The summed E-state index contributed by atoms with van der Waals surface area (Å²) in [7, 11) is 0. The van der Waals surface area contributed by atoms with E-state index >= 15 is 0 Å². The number of hydrogen-bond donors (Lipinski definition) is 1. The predicted molar refractivity (Wildman–Crippen MR) is 83.2 cm³/mol. The van der Waals surface area contributed by atoms with Gasteiger partial charge in [-0.3, -0.25) is 0 Å². The number of thiazole rings is 2. The number of hydrogen-bond acceptors (Lipinski definition) is 5. The standard InChI is InChI=1S/C15H14N2OS2/c1-9-13(16-10(2)20-9)12-8-19-15(17-12)14(18)11-6-4-3-5-7-11/h3-8,14,18H,1-2H3. The van der Waals surface area contributed by atoms with E-state index in [1.165, 1.54) is 11.3 Å². The van der Waals surface area contributed by atoms with E-state index in [9.17, 15) is 5.11 Å². The van der Waals surface area contributed by atoms with Gasteiger partial charge in [-0.25, -0.2) is 9.97 Å². The largest absolute Gasteiger partial charge is 0.381 e. The molecule has 1 atom stereocenters. The number of aliphatic hydroxyl groups excluding tert-OH is 1. The fourth-order valence-corrected chi connectivity index (χ4v) is 3.71. The van der Waals surface area contributed by atoms with Crippen LogP contribution in [0.1, 0.15) is 26.6 Å². The van der Waals surface area contributed by atoms with E-state index in [0.717, 1.165) is 26.8 Å². The molecule has 0 radical (unpaired) electrons. The topological polar surface area (TPSA) is 46.0 Å². The highest BCUT2D eigenvalue weighted by Crippen LogP contribution is 2.31. The first kappa shape index (κ1) is 13.4. The van der Waals surface area contributed by atoms with Crippen molar-refractivity contribution in [2.75, 3.05) is 0 Å². The molecule has 0 amide bonds. The first-order valence-electron chi connectivity index (χ1n) is 6.28. The van der Waals surface area contributed by atoms with Crippen molar-refractivity contribution in [1.82, 2.24) is 9.97 Å². The van der Waals surface area contributed by atoms with E-state index in [4.69, 9.17) is 0 Å². The van der Waals surface area contributed by atoms with Crippen molar-refractivity contribution in [3.8, 4) is 11.4 Å². The van der Waals surface area contributed by atoms with Gasteiger partial charge in [0.15, 0.2) is 0 Å². The van der Waals surface area contributed by atoms with Gasteiger partial charge in [-0.1, -0.05) is 30.3 Å². The molecule has 2 heterocycles. The molecule has 5 heteroatoms. The summed E-state index contributed by atoms with van der Waals surface area (Å²) in [6.07, 6.45) is -0.671. The molecule has 102 valence electrons. The van der Waals surface area contributed by atoms with E-state index in [2.05, 4.69) is 9.97 Å². The molecule has 1 unspecified atom stereocenters. The molecule has 0 saturated carbocycles. The Kier molecular flexibility index (Phi) is 3.65. The number of benzene rings is 1. The Hall–Kier alpha value is -1.56. The molecule has 0 aliphatic carbocycles. The van der Waals surface area contributed by atoms with Crippen LogP contribution in [0.3, 0.4) is 0 Å². The van der Waals surface area contributed by atoms with Gasteiger partial charge >= 0.3 is 0 Å². The Morgan fingerprint density at radius 1 is 1.10 bits per heavy atom. The highest BCUT2D eigenvalue weighted by Gasteiger charge is 2.17. The molecule has 1 aromatic carbocycles. The SMILES string of the molecule is Cc1nc(-c2csc(C(O)c3ccccc3)n2)c(C)s1. The maximum atomic E-state index is 10.4. The summed E-state index contributed by atoms with van der Waals surface area (Å²) in [5.74, 6) is 0. The summed E-state index contributed by atoms with van der Waals surface area (Å²) < 4.78 is 0. The molecule has 0 saturated heterocycles. The van der Waals surface area contributed by atoms with Crippen molar-refractivity contribution in [1.29, 1.82) is 0 Å². The van der Waals surface area contributed by atoms with Gasteiger partial charge in [-0.2, -0.15) is 0 Å². The zero-order valence-corrected chi connectivity index (χ0v) is 12.8. The average molecular weight is 302 g/mol. The Morgan fingerprint density at radius 2 is 1.85 bits per heavy atom. The second-order valence-corrected chi connectivity index (χ2v) is 6.82. The van der Waals surface area contributed by atoms with Gasteiger partial charge in [-0.15, -0.1) is 22.7 Å². The van der Waals surface area contributed by atoms with Crippen LogP contribution in [0.15, 0.2) is 35.7 Å². The molecule has 2 aromatic heterocycles. The van der Waals surface area contributed by atoms with Crippen molar-refractivity contribution < 1.29 is 5.11 Å². The van der Waals surface area contributed by atoms with Crippen molar-refractivity contribution in [2.24, 2.45) is 0 Å². The second-order valence-electron chi connectivity index (χ2n) is 4.52. The summed E-state index contributed by atoms with van der Waals surface area (Å²) in [6.45, 7) is 4.04. The molecule has 0 bridgehead atoms. The monoisotopic (exact) mass is 302 g/mol. The molecule has 1 N–H and O–H groups in total. The summed E-state index contributed by atoms with van der Waals surface area (Å²) in [6, 6.07) is 9.58. The molecule has 0 spiro atoms. The van der Waals surface area contributed by atoms with Crippen LogP contribution in [0.4, 0.5) is 0 Å². The van der Waals surface area contributed by atoms with Crippen LogP contribution < -0.4 is 0 Å². The van der Waals surface area contributed by atoms with Gasteiger partial charge in [0, 0.05) is 10.3 Å². The van der Waals surface area contributed by atoms with E-state index in [0.29, 0.717) is 5.01 Å². The molecule has 3 aromatic rings. The van der Waals surface area contributed by atoms with Crippen LogP contribution in [0, 0.1) is 13.8 Å². The smallest absolute Gasteiger partial charge is 0.131 e. The highest BCUT2D eigenvalue weighted by atomic mass is 32.1. The lowest BCUT2D eigenvalue weighted by Gasteiger charge is -2.06. The minimum atomic E-state index is -0.671. The average Bonchev–Trinajstić information content (AvgIpc) is 3.05. The Labute approximate surface area is 125 Å². The number of aliphatic hydroxyl groups is 1. The molecule has 0 aliphatic rings. The summed E-state index contributed by atoms with van der Waals surface area (Å²) >= 11 is 3.14. The molecule has 0 aliphatic heterocycles. The Balaban J connectivity index is 1.93. The maximum Gasteiger partial charge on any atom is 0.131 e. The quantitative estimate of drug-likeness (QED) is 0.796. The van der Waals surface area contributed by atoms with E-state index < -0.39 is 6.10 Å². The van der Waals surface area contributed by atoms with Gasteiger partial charge in [0.05, 0.1) is 5.01 Å². The van der Waals surface area contributed by atoms with E-state index in [-0.39, 0.29) is 0 Å². The van der Waals surface area contributed by atoms with Gasteiger partial charge in [0.25, 0.3) is 0 Å². The fraction of sp³-hybridized carbons (Fsp3) is 0.200.